The summed E-state index contributed by atoms with van der Waals surface area (Å²) in [4.78, 5) is 15.7. The number of nitrogens with zero attached hydrogens (tertiary/aromatic N) is 5. The Morgan fingerprint density at radius 1 is 0.964 bits per heavy atom. The minimum atomic E-state index is -0.0625. The Labute approximate surface area is 163 Å². The van der Waals surface area contributed by atoms with Crippen LogP contribution in [0.15, 0.2) is 53.3 Å². The van der Waals surface area contributed by atoms with Crippen molar-refractivity contribution in [3.63, 3.8) is 0 Å². The maximum Gasteiger partial charge on any atom is 0.267 e. The molecule has 0 aliphatic carbocycles. The molecule has 6 nitrogen and oxygen atoms in total. The van der Waals surface area contributed by atoms with Crippen LogP contribution in [0.3, 0.4) is 0 Å². The monoisotopic (exact) mass is 373 g/mol. The van der Waals surface area contributed by atoms with Crippen LogP contribution in [0.5, 0.6) is 0 Å². The third kappa shape index (κ3) is 2.72. The molecule has 0 N–H and O–H groups in total. The lowest BCUT2D eigenvalue weighted by molar-refractivity contribution is 0.321. The highest BCUT2D eigenvalue weighted by atomic mass is 16.1. The first-order valence-electron chi connectivity index (χ1n) is 9.95. The topological polar surface area (TPSA) is 55.4 Å². The van der Waals surface area contributed by atoms with Gasteiger partial charge in [0.1, 0.15) is 0 Å². The third-order valence-electron chi connectivity index (χ3n) is 5.66. The molecule has 3 heterocycles. The van der Waals surface area contributed by atoms with Crippen molar-refractivity contribution in [2.75, 3.05) is 13.1 Å². The zero-order valence-corrected chi connectivity index (χ0v) is 16.0. The second-order valence-electron chi connectivity index (χ2n) is 7.41. The van der Waals surface area contributed by atoms with Crippen LogP contribution in [0.25, 0.3) is 22.4 Å². The number of benzene rings is 2. The first kappa shape index (κ1) is 17.1. The lowest BCUT2D eigenvalue weighted by Gasteiger charge is -2.15. The van der Waals surface area contributed by atoms with Crippen molar-refractivity contribution >= 4 is 16.7 Å². The van der Waals surface area contributed by atoms with Gasteiger partial charge in [0.15, 0.2) is 5.82 Å². The number of likely N-dealkylation sites (tertiary alicyclic amines) is 1. The molecular weight excluding hydrogens is 350 g/mol. The van der Waals surface area contributed by atoms with Crippen LogP contribution in [0.4, 0.5) is 0 Å². The van der Waals surface area contributed by atoms with Crippen LogP contribution < -0.4 is 5.56 Å². The normalized spacial score (nSPS) is 15.0. The molecule has 0 unspecified atom stereocenters. The SMILES string of the molecule is CCc1ccc(-n2c(=O)c3ccccc3n3c(CN4CCCC4)nnc23)cc1. The summed E-state index contributed by atoms with van der Waals surface area (Å²) in [6, 6.07) is 15.8. The molecule has 6 heteroatoms. The minimum absolute atomic E-state index is 0.0625. The molecule has 0 amide bonds. The quantitative estimate of drug-likeness (QED) is 0.551. The second kappa shape index (κ2) is 6.87. The van der Waals surface area contributed by atoms with E-state index in [1.165, 1.54) is 18.4 Å². The predicted octanol–water partition coefficient (Wildman–Crippen LogP) is 3.19. The number of rotatable bonds is 4. The van der Waals surface area contributed by atoms with Gasteiger partial charge in [-0.25, -0.2) is 4.57 Å². The van der Waals surface area contributed by atoms with E-state index in [9.17, 15) is 4.79 Å². The molecule has 1 fully saturated rings. The highest BCUT2D eigenvalue weighted by Gasteiger charge is 2.20. The van der Waals surface area contributed by atoms with Crippen LogP contribution in [-0.2, 0) is 13.0 Å². The molecule has 2 aromatic carbocycles. The fourth-order valence-corrected chi connectivity index (χ4v) is 4.12. The minimum Gasteiger partial charge on any atom is -0.296 e. The summed E-state index contributed by atoms with van der Waals surface area (Å²) in [5, 5.41) is 9.60. The second-order valence-corrected chi connectivity index (χ2v) is 7.41. The van der Waals surface area contributed by atoms with E-state index in [-0.39, 0.29) is 5.56 Å². The third-order valence-corrected chi connectivity index (χ3v) is 5.66. The van der Waals surface area contributed by atoms with E-state index in [0.717, 1.165) is 43.1 Å². The highest BCUT2D eigenvalue weighted by molar-refractivity contribution is 5.81. The van der Waals surface area contributed by atoms with Gasteiger partial charge in [-0.2, -0.15) is 0 Å². The maximum absolute atomic E-state index is 13.3. The number of aryl methyl sites for hydroxylation is 1. The van der Waals surface area contributed by atoms with Crippen LogP contribution in [0.1, 0.15) is 31.2 Å². The Hall–Kier alpha value is -2.99. The Balaban J connectivity index is 1.77. The first-order valence-corrected chi connectivity index (χ1v) is 9.95. The van der Waals surface area contributed by atoms with Gasteiger partial charge < -0.3 is 0 Å². The average molecular weight is 373 g/mol. The van der Waals surface area contributed by atoms with E-state index >= 15 is 0 Å². The molecule has 0 atom stereocenters. The molecule has 1 aliphatic heterocycles. The van der Waals surface area contributed by atoms with Crippen molar-refractivity contribution in [2.45, 2.75) is 32.7 Å². The van der Waals surface area contributed by atoms with Gasteiger partial charge in [0.2, 0.25) is 5.78 Å². The Kier molecular flexibility index (Phi) is 4.20. The number of hydrogen-bond acceptors (Lipinski definition) is 4. The molecule has 28 heavy (non-hydrogen) atoms. The van der Waals surface area contributed by atoms with Gasteiger partial charge in [-0.05, 0) is 62.2 Å². The molecule has 0 spiro atoms. The largest absolute Gasteiger partial charge is 0.296 e. The molecule has 0 radical (unpaired) electrons. The standard InChI is InChI=1S/C22H23N5O/c1-2-16-9-11-17(12-10-16)26-21(28)18-7-3-4-8-19(18)27-20(23-24-22(26)27)15-25-13-5-6-14-25/h3-4,7-12H,2,5-6,13-15H2,1H3. The van der Waals surface area contributed by atoms with Gasteiger partial charge in [-0.3, -0.25) is 14.1 Å². The van der Waals surface area contributed by atoms with E-state index in [0.29, 0.717) is 11.2 Å². The van der Waals surface area contributed by atoms with Gasteiger partial charge in [-0.15, -0.1) is 10.2 Å². The smallest absolute Gasteiger partial charge is 0.267 e. The molecule has 2 aromatic heterocycles. The molecule has 142 valence electrons. The number of fused-ring (bicyclic) bond motifs is 3. The maximum atomic E-state index is 13.3. The molecular formula is C22H23N5O. The van der Waals surface area contributed by atoms with E-state index in [1.807, 2.05) is 40.8 Å². The summed E-state index contributed by atoms with van der Waals surface area (Å²) in [6.45, 7) is 5.05. The zero-order chi connectivity index (χ0) is 19.1. The summed E-state index contributed by atoms with van der Waals surface area (Å²) in [7, 11) is 0. The van der Waals surface area contributed by atoms with Crippen LogP contribution in [0, 0.1) is 0 Å². The summed E-state index contributed by atoms with van der Waals surface area (Å²) in [5.74, 6) is 1.45. The Morgan fingerprint density at radius 2 is 1.71 bits per heavy atom. The van der Waals surface area contributed by atoms with E-state index < -0.39 is 0 Å². The van der Waals surface area contributed by atoms with Crippen molar-refractivity contribution in [1.82, 2.24) is 24.1 Å². The molecule has 0 bridgehead atoms. The molecule has 0 saturated carbocycles. The molecule has 5 rings (SSSR count). The van der Waals surface area contributed by atoms with Crippen molar-refractivity contribution in [1.29, 1.82) is 0 Å². The fourth-order valence-electron chi connectivity index (χ4n) is 4.12. The van der Waals surface area contributed by atoms with Gasteiger partial charge >= 0.3 is 0 Å². The molecule has 4 aromatic rings. The Bertz CT molecular complexity index is 1200. The predicted molar refractivity (Wildman–Crippen MR) is 110 cm³/mol. The summed E-state index contributed by atoms with van der Waals surface area (Å²) >= 11 is 0. The van der Waals surface area contributed by atoms with E-state index in [2.05, 4.69) is 34.2 Å². The van der Waals surface area contributed by atoms with Gasteiger partial charge in [0, 0.05) is 0 Å². The van der Waals surface area contributed by atoms with Crippen molar-refractivity contribution in [3.8, 4) is 5.69 Å². The number of para-hydroxylation sites is 1. The van der Waals surface area contributed by atoms with Gasteiger partial charge in [-0.1, -0.05) is 31.2 Å². The van der Waals surface area contributed by atoms with Crippen LogP contribution in [0.2, 0.25) is 0 Å². The lowest BCUT2D eigenvalue weighted by Crippen LogP contribution is -2.24. The summed E-state index contributed by atoms with van der Waals surface area (Å²) in [5.41, 5.74) is 2.86. The van der Waals surface area contributed by atoms with E-state index in [1.54, 1.807) is 4.57 Å². The average Bonchev–Trinajstić information content (AvgIpc) is 3.39. The Morgan fingerprint density at radius 3 is 2.46 bits per heavy atom. The van der Waals surface area contributed by atoms with Gasteiger partial charge in [0.25, 0.3) is 5.56 Å². The molecule has 1 saturated heterocycles. The van der Waals surface area contributed by atoms with Crippen LogP contribution in [-0.4, -0.2) is 37.2 Å². The van der Waals surface area contributed by atoms with Crippen molar-refractivity contribution in [3.05, 3.63) is 70.3 Å². The lowest BCUT2D eigenvalue weighted by atomic mass is 10.1. The van der Waals surface area contributed by atoms with Gasteiger partial charge in [0.05, 0.1) is 23.1 Å². The zero-order valence-electron chi connectivity index (χ0n) is 16.0. The summed E-state index contributed by atoms with van der Waals surface area (Å²) in [6.07, 6.45) is 3.42. The summed E-state index contributed by atoms with van der Waals surface area (Å²) < 4.78 is 3.73. The number of hydrogen-bond donors (Lipinski definition) is 0. The van der Waals surface area contributed by atoms with E-state index in [4.69, 9.17) is 0 Å². The van der Waals surface area contributed by atoms with Crippen molar-refractivity contribution in [2.24, 2.45) is 0 Å². The van der Waals surface area contributed by atoms with Crippen LogP contribution >= 0.6 is 0 Å². The molecule has 1 aliphatic rings. The highest BCUT2D eigenvalue weighted by Crippen LogP contribution is 2.20. The first-order chi connectivity index (χ1) is 13.8. The fraction of sp³-hybridized carbons (Fsp3) is 0.318. The number of aromatic nitrogens is 4. The van der Waals surface area contributed by atoms with Crippen molar-refractivity contribution < 1.29 is 0 Å².